The van der Waals surface area contributed by atoms with Gasteiger partial charge in [-0.1, -0.05) is 18.6 Å². The van der Waals surface area contributed by atoms with E-state index in [-0.39, 0.29) is 11.6 Å². The quantitative estimate of drug-likeness (QED) is 0.531. The van der Waals surface area contributed by atoms with Crippen LogP contribution < -0.4 is 11.2 Å². The van der Waals surface area contributed by atoms with E-state index in [2.05, 4.69) is 5.32 Å². The number of nitrogens with two attached hydrogens (primary N) is 1. The third-order valence-corrected chi connectivity index (χ3v) is 3.89. The molecular weight excluding hydrogens is 214 g/mol. The summed E-state index contributed by atoms with van der Waals surface area (Å²) in [4.78, 5) is 12.3. The Morgan fingerprint density at radius 2 is 1.88 bits per heavy atom. The molecule has 0 unspecified atom stereocenters. The average molecular weight is 231 g/mol. The Labute approximate surface area is 101 Å². The SMILES string of the molecule is NN1C(=O)c2ccccc2NC12CCCCC2. The van der Waals surface area contributed by atoms with E-state index >= 15 is 0 Å². The second kappa shape index (κ2) is 3.74. The summed E-state index contributed by atoms with van der Waals surface area (Å²) < 4.78 is 0. The molecule has 0 saturated heterocycles. The number of carbonyl (C=O) groups is 1. The minimum atomic E-state index is -0.357. The molecule has 4 nitrogen and oxygen atoms in total. The van der Waals surface area contributed by atoms with Crippen molar-refractivity contribution in [1.82, 2.24) is 5.01 Å². The predicted octanol–water partition coefficient (Wildman–Crippen LogP) is 2.09. The van der Waals surface area contributed by atoms with Gasteiger partial charge in [-0.05, 0) is 37.8 Å². The molecule has 1 aliphatic carbocycles. The molecule has 0 aromatic heterocycles. The molecule has 90 valence electrons. The predicted molar refractivity (Wildman–Crippen MR) is 66.2 cm³/mol. The molecule has 1 heterocycles. The van der Waals surface area contributed by atoms with Crippen molar-refractivity contribution < 1.29 is 4.79 Å². The van der Waals surface area contributed by atoms with E-state index in [1.807, 2.05) is 24.3 Å². The summed E-state index contributed by atoms with van der Waals surface area (Å²) in [6, 6.07) is 7.59. The number of anilines is 1. The number of para-hydroxylation sites is 1. The fourth-order valence-electron chi connectivity index (χ4n) is 2.92. The second-order valence-electron chi connectivity index (χ2n) is 4.94. The van der Waals surface area contributed by atoms with E-state index in [1.54, 1.807) is 0 Å². The van der Waals surface area contributed by atoms with Crippen LogP contribution in [-0.2, 0) is 0 Å². The Bertz CT molecular complexity index is 452. The summed E-state index contributed by atoms with van der Waals surface area (Å²) in [6.45, 7) is 0. The minimum absolute atomic E-state index is 0.0683. The number of hydrogen-bond donors (Lipinski definition) is 2. The van der Waals surface area contributed by atoms with Crippen molar-refractivity contribution in [1.29, 1.82) is 0 Å². The van der Waals surface area contributed by atoms with Crippen molar-refractivity contribution in [3.8, 4) is 0 Å². The van der Waals surface area contributed by atoms with Crippen LogP contribution in [0.1, 0.15) is 42.5 Å². The number of hydrogen-bond acceptors (Lipinski definition) is 3. The number of benzene rings is 1. The van der Waals surface area contributed by atoms with Crippen LogP contribution >= 0.6 is 0 Å². The van der Waals surface area contributed by atoms with E-state index in [4.69, 9.17) is 5.84 Å². The molecule has 2 aliphatic rings. The van der Waals surface area contributed by atoms with Crippen molar-refractivity contribution >= 4 is 11.6 Å². The fourth-order valence-corrected chi connectivity index (χ4v) is 2.92. The zero-order valence-corrected chi connectivity index (χ0v) is 9.78. The van der Waals surface area contributed by atoms with Crippen LogP contribution in [0, 0.1) is 0 Å². The van der Waals surface area contributed by atoms with E-state index in [0.717, 1.165) is 31.4 Å². The largest absolute Gasteiger partial charge is 0.361 e. The summed E-state index contributed by atoms with van der Waals surface area (Å²) in [6.07, 6.45) is 5.34. The first-order chi connectivity index (χ1) is 8.23. The molecule has 1 amide bonds. The number of nitrogens with zero attached hydrogens (tertiary/aromatic N) is 1. The highest BCUT2D eigenvalue weighted by Gasteiger charge is 2.43. The first-order valence-electron chi connectivity index (χ1n) is 6.19. The maximum Gasteiger partial charge on any atom is 0.272 e. The van der Waals surface area contributed by atoms with E-state index in [9.17, 15) is 4.79 Å². The van der Waals surface area contributed by atoms with Gasteiger partial charge in [0, 0.05) is 5.69 Å². The van der Waals surface area contributed by atoms with E-state index in [1.165, 1.54) is 11.4 Å². The topological polar surface area (TPSA) is 58.4 Å². The van der Waals surface area contributed by atoms with Crippen LogP contribution in [0.25, 0.3) is 0 Å². The van der Waals surface area contributed by atoms with Crippen molar-refractivity contribution in [2.24, 2.45) is 5.84 Å². The fraction of sp³-hybridized carbons (Fsp3) is 0.462. The number of fused-ring (bicyclic) bond motifs is 1. The number of carbonyl (C=O) groups excluding carboxylic acids is 1. The highest BCUT2D eigenvalue weighted by Crippen LogP contribution is 2.38. The normalized spacial score (nSPS) is 22.2. The molecule has 1 spiro atoms. The van der Waals surface area contributed by atoms with Gasteiger partial charge in [0.25, 0.3) is 5.91 Å². The molecule has 17 heavy (non-hydrogen) atoms. The minimum Gasteiger partial charge on any atom is -0.361 e. The van der Waals surface area contributed by atoms with Gasteiger partial charge in [0.15, 0.2) is 0 Å². The highest BCUT2D eigenvalue weighted by atomic mass is 16.2. The van der Waals surface area contributed by atoms with Gasteiger partial charge in [-0.3, -0.25) is 9.80 Å². The molecule has 1 fully saturated rings. The Morgan fingerprint density at radius 3 is 2.65 bits per heavy atom. The van der Waals surface area contributed by atoms with Gasteiger partial charge < -0.3 is 5.32 Å². The summed E-state index contributed by atoms with van der Waals surface area (Å²) in [5.41, 5.74) is 1.23. The maximum atomic E-state index is 12.3. The molecule has 0 atom stereocenters. The first kappa shape index (κ1) is 10.6. The average Bonchev–Trinajstić information content (AvgIpc) is 2.37. The van der Waals surface area contributed by atoms with Crippen molar-refractivity contribution in [2.75, 3.05) is 5.32 Å². The van der Waals surface area contributed by atoms with E-state index < -0.39 is 0 Å². The van der Waals surface area contributed by atoms with E-state index in [0.29, 0.717) is 5.56 Å². The van der Waals surface area contributed by atoms with Crippen LogP contribution in [0.4, 0.5) is 5.69 Å². The Hall–Kier alpha value is -1.55. The first-order valence-corrected chi connectivity index (χ1v) is 6.19. The maximum absolute atomic E-state index is 12.3. The van der Waals surface area contributed by atoms with Gasteiger partial charge in [0.05, 0.1) is 5.56 Å². The van der Waals surface area contributed by atoms with Gasteiger partial charge >= 0.3 is 0 Å². The molecular formula is C13H17N3O. The summed E-state index contributed by atoms with van der Waals surface area (Å²) >= 11 is 0. The van der Waals surface area contributed by atoms with Gasteiger partial charge in [0.1, 0.15) is 5.66 Å². The molecule has 3 N–H and O–H groups in total. The summed E-state index contributed by atoms with van der Waals surface area (Å²) in [7, 11) is 0. The molecule has 1 saturated carbocycles. The highest BCUT2D eigenvalue weighted by molar-refractivity contribution is 6.01. The Morgan fingerprint density at radius 1 is 1.18 bits per heavy atom. The molecule has 1 aromatic carbocycles. The zero-order chi connectivity index (χ0) is 11.9. The Balaban J connectivity index is 2.03. The van der Waals surface area contributed by atoms with Crippen molar-refractivity contribution in [3.05, 3.63) is 29.8 Å². The lowest BCUT2D eigenvalue weighted by molar-refractivity contribution is 0.0396. The van der Waals surface area contributed by atoms with Gasteiger partial charge in [-0.2, -0.15) is 0 Å². The van der Waals surface area contributed by atoms with Crippen LogP contribution in [0.3, 0.4) is 0 Å². The van der Waals surface area contributed by atoms with Crippen LogP contribution in [0.5, 0.6) is 0 Å². The number of amides is 1. The molecule has 1 aromatic rings. The molecule has 1 aliphatic heterocycles. The van der Waals surface area contributed by atoms with Crippen LogP contribution in [0.2, 0.25) is 0 Å². The van der Waals surface area contributed by atoms with Crippen molar-refractivity contribution in [2.45, 2.75) is 37.8 Å². The van der Waals surface area contributed by atoms with Gasteiger partial charge in [0.2, 0.25) is 0 Å². The number of rotatable bonds is 0. The molecule has 0 bridgehead atoms. The standard InChI is InChI=1S/C13H17N3O/c14-16-12(17)10-6-2-3-7-11(10)15-13(16)8-4-1-5-9-13/h2-3,6-7,15H,1,4-5,8-9,14H2. The molecule has 4 heteroatoms. The third-order valence-electron chi connectivity index (χ3n) is 3.89. The van der Waals surface area contributed by atoms with Gasteiger partial charge in [-0.15, -0.1) is 0 Å². The van der Waals surface area contributed by atoms with Gasteiger partial charge in [-0.25, -0.2) is 5.84 Å². The second-order valence-corrected chi connectivity index (χ2v) is 4.94. The molecule has 0 radical (unpaired) electrons. The summed E-state index contributed by atoms with van der Waals surface area (Å²) in [5.74, 6) is 5.96. The third kappa shape index (κ3) is 1.52. The zero-order valence-electron chi connectivity index (χ0n) is 9.78. The number of hydrazine groups is 1. The lowest BCUT2D eigenvalue weighted by Gasteiger charge is -2.48. The van der Waals surface area contributed by atoms with Crippen LogP contribution in [0.15, 0.2) is 24.3 Å². The summed E-state index contributed by atoms with van der Waals surface area (Å²) in [5, 5.41) is 4.88. The smallest absolute Gasteiger partial charge is 0.272 e. The number of nitrogens with one attached hydrogen (secondary N) is 1. The lowest BCUT2D eigenvalue weighted by atomic mass is 9.86. The Kier molecular flexibility index (Phi) is 2.33. The molecule has 3 rings (SSSR count). The monoisotopic (exact) mass is 231 g/mol. The van der Waals surface area contributed by atoms with Crippen molar-refractivity contribution in [3.63, 3.8) is 0 Å². The van der Waals surface area contributed by atoms with Crippen LogP contribution in [-0.4, -0.2) is 16.6 Å². The lowest BCUT2D eigenvalue weighted by Crippen LogP contribution is -2.63.